The van der Waals surface area contributed by atoms with Crippen LogP contribution in [-0.2, 0) is 20.7 Å². The molecule has 0 aliphatic carbocycles. The van der Waals surface area contributed by atoms with Gasteiger partial charge in [-0.25, -0.2) is 4.79 Å². The molecule has 21 heavy (non-hydrogen) atoms. The van der Waals surface area contributed by atoms with Gasteiger partial charge in [0.1, 0.15) is 0 Å². The number of amides is 1. The van der Waals surface area contributed by atoms with Gasteiger partial charge >= 0.3 is 5.97 Å². The average Bonchev–Trinajstić information content (AvgIpc) is 3.04. The summed E-state index contributed by atoms with van der Waals surface area (Å²) in [6, 6.07) is 7.19. The summed E-state index contributed by atoms with van der Waals surface area (Å²) in [5.41, 5.74) is 1.61. The molecule has 1 saturated heterocycles. The molecule has 1 fully saturated rings. The van der Waals surface area contributed by atoms with Gasteiger partial charge in [0.15, 0.2) is 6.61 Å². The zero-order valence-electron chi connectivity index (χ0n) is 12.3. The Bertz CT molecular complexity index is 478. The molecule has 0 unspecified atom stereocenters. The molecule has 5 heteroatoms. The maximum absolute atomic E-state index is 11.8. The van der Waals surface area contributed by atoms with Crippen LogP contribution in [0.25, 0.3) is 0 Å². The monoisotopic (exact) mass is 291 g/mol. The summed E-state index contributed by atoms with van der Waals surface area (Å²) in [6.45, 7) is 3.01. The van der Waals surface area contributed by atoms with E-state index in [9.17, 15) is 9.59 Å². The molecule has 1 aromatic rings. The van der Waals surface area contributed by atoms with E-state index in [4.69, 9.17) is 9.47 Å². The number of nitrogens with one attached hydrogen (secondary N) is 1. The summed E-state index contributed by atoms with van der Waals surface area (Å²) < 4.78 is 10.4. The zero-order chi connectivity index (χ0) is 15.1. The molecule has 0 spiro atoms. The highest BCUT2D eigenvalue weighted by atomic mass is 16.5. The first-order valence-electron chi connectivity index (χ1n) is 7.33. The predicted octanol–water partition coefficient (Wildman–Crippen LogP) is 1.70. The lowest BCUT2D eigenvalue weighted by Crippen LogP contribution is -2.34. The standard InChI is InChI=1S/C16H21NO4/c1-2-12-5-7-13(8-6-12)16(19)21-11-15(18)17-10-14-4-3-9-20-14/h5-8,14H,2-4,9-11H2,1H3,(H,17,18)/t14-/m1/s1. The lowest BCUT2D eigenvalue weighted by Gasteiger charge is -2.11. The summed E-state index contributed by atoms with van der Waals surface area (Å²) in [6.07, 6.45) is 3.00. The fourth-order valence-electron chi connectivity index (χ4n) is 2.17. The van der Waals surface area contributed by atoms with Gasteiger partial charge in [-0.05, 0) is 37.0 Å². The van der Waals surface area contributed by atoms with Gasteiger partial charge < -0.3 is 14.8 Å². The van der Waals surface area contributed by atoms with Gasteiger partial charge in [-0.15, -0.1) is 0 Å². The van der Waals surface area contributed by atoms with E-state index in [0.717, 1.165) is 31.4 Å². The van der Waals surface area contributed by atoms with Gasteiger partial charge in [0.2, 0.25) is 0 Å². The molecule has 1 aliphatic heterocycles. The van der Waals surface area contributed by atoms with Crippen LogP contribution in [0, 0.1) is 0 Å². The third kappa shape index (κ3) is 4.86. The summed E-state index contributed by atoms with van der Waals surface area (Å²) in [5, 5.41) is 2.71. The predicted molar refractivity (Wildman–Crippen MR) is 78.1 cm³/mol. The van der Waals surface area contributed by atoms with Crippen LogP contribution in [-0.4, -0.2) is 37.7 Å². The number of hydrogen-bond acceptors (Lipinski definition) is 4. The van der Waals surface area contributed by atoms with Gasteiger partial charge in [-0.3, -0.25) is 4.79 Å². The first kappa shape index (κ1) is 15.5. The van der Waals surface area contributed by atoms with E-state index in [1.54, 1.807) is 12.1 Å². The molecule has 1 heterocycles. The lowest BCUT2D eigenvalue weighted by molar-refractivity contribution is -0.124. The quantitative estimate of drug-likeness (QED) is 0.810. The van der Waals surface area contributed by atoms with Crippen LogP contribution in [0.3, 0.4) is 0 Å². The topological polar surface area (TPSA) is 64.6 Å². The number of rotatable bonds is 6. The highest BCUT2D eigenvalue weighted by Gasteiger charge is 2.16. The lowest BCUT2D eigenvalue weighted by atomic mass is 10.1. The fourth-order valence-corrected chi connectivity index (χ4v) is 2.17. The maximum Gasteiger partial charge on any atom is 0.338 e. The molecule has 1 amide bonds. The van der Waals surface area contributed by atoms with E-state index in [1.165, 1.54) is 0 Å². The number of hydrogen-bond donors (Lipinski definition) is 1. The third-order valence-corrected chi connectivity index (χ3v) is 3.48. The van der Waals surface area contributed by atoms with Crippen molar-refractivity contribution in [2.45, 2.75) is 32.3 Å². The highest BCUT2D eigenvalue weighted by Crippen LogP contribution is 2.10. The Hall–Kier alpha value is -1.88. The summed E-state index contributed by atoms with van der Waals surface area (Å²) in [7, 11) is 0. The Morgan fingerprint density at radius 1 is 1.33 bits per heavy atom. The van der Waals surface area contributed by atoms with E-state index in [0.29, 0.717) is 12.1 Å². The van der Waals surface area contributed by atoms with Crippen molar-refractivity contribution in [2.24, 2.45) is 0 Å². The fraction of sp³-hybridized carbons (Fsp3) is 0.500. The molecule has 1 aromatic carbocycles. The molecule has 5 nitrogen and oxygen atoms in total. The van der Waals surface area contributed by atoms with Crippen LogP contribution in [0.1, 0.15) is 35.7 Å². The van der Waals surface area contributed by atoms with Gasteiger partial charge in [0, 0.05) is 13.2 Å². The van der Waals surface area contributed by atoms with E-state index in [2.05, 4.69) is 5.32 Å². The molecule has 0 radical (unpaired) electrons. The maximum atomic E-state index is 11.8. The number of ether oxygens (including phenoxy) is 2. The Balaban J connectivity index is 1.70. The third-order valence-electron chi connectivity index (χ3n) is 3.48. The minimum Gasteiger partial charge on any atom is -0.452 e. The smallest absolute Gasteiger partial charge is 0.338 e. The Kier molecular flexibility index (Phi) is 5.75. The molecular weight excluding hydrogens is 270 g/mol. The summed E-state index contributed by atoms with van der Waals surface area (Å²) >= 11 is 0. The molecular formula is C16H21NO4. The van der Waals surface area contributed by atoms with E-state index >= 15 is 0 Å². The van der Waals surface area contributed by atoms with E-state index < -0.39 is 5.97 Å². The molecule has 114 valence electrons. The van der Waals surface area contributed by atoms with Crippen molar-refractivity contribution in [3.05, 3.63) is 35.4 Å². The Morgan fingerprint density at radius 2 is 2.10 bits per heavy atom. The molecule has 2 rings (SSSR count). The van der Waals surface area contributed by atoms with Crippen molar-refractivity contribution in [1.82, 2.24) is 5.32 Å². The Labute approximate surface area is 124 Å². The van der Waals surface area contributed by atoms with Crippen LogP contribution in [0.2, 0.25) is 0 Å². The largest absolute Gasteiger partial charge is 0.452 e. The normalized spacial score (nSPS) is 17.5. The molecule has 1 aliphatic rings. The van der Waals surface area contributed by atoms with Crippen LogP contribution >= 0.6 is 0 Å². The highest BCUT2D eigenvalue weighted by molar-refractivity contribution is 5.91. The SMILES string of the molecule is CCc1ccc(C(=O)OCC(=O)NC[C@H]2CCCO2)cc1. The van der Waals surface area contributed by atoms with Gasteiger partial charge in [0.05, 0.1) is 11.7 Å². The van der Waals surface area contributed by atoms with E-state index in [1.807, 2.05) is 19.1 Å². The van der Waals surface area contributed by atoms with Crippen molar-refractivity contribution in [2.75, 3.05) is 19.8 Å². The average molecular weight is 291 g/mol. The van der Waals surface area contributed by atoms with E-state index in [-0.39, 0.29) is 18.6 Å². The number of carbonyl (C=O) groups is 2. The van der Waals surface area contributed by atoms with Crippen molar-refractivity contribution in [1.29, 1.82) is 0 Å². The molecule has 0 saturated carbocycles. The number of benzene rings is 1. The minimum absolute atomic E-state index is 0.0891. The zero-order valence-corrected chi connectivity index (χ0v) is 12.3. The van der Waals surface area contributed by atoms with Gasteiger partial charge in [-0.2, -0.15) is 0 Å². The van der Waals surface area contributed by atoms with Gasteiger partial charge in [0.25, 0.3) is 5.91 Å². The summed E-state index contributed by atoms with van der Waals surface area (Å²) in [4.78, 5) is 23.4. The summed E-state index contributed by atoms with van der Waals surface area (Å²) in [5.74, 6) is -0.783. The Morgan fingerprint density at radius 3 is 2.71 bits per heavy atom. The molecule has 0 bridgehead atoms. The van der Waals surface area contributed by atoms with Crippen molar-refractivity contribution in [3.63, 3.8) is 0 Å². The number of aryl methyl sites for hydroxylation is 1. The second-order valence-electron chi connectivity index (χ2n) is 5.07. The molecule has 1 N–H and O–H groups in total. The first-order chi connectivity index (χ1) is 10.2. The first-order valence-corrected chi connectivity index (χ1v) is 7.33. The molecule has 1 atom stereocenters. The van der Waals surface area contributed by atoms with Crippen molar-refractivity contribution < 1.29 is 19.1 Å². The minimum atomic E-state index is -0.482. The molecule has 0 aromatic heterocycles. The van der Waals surface area contributed by atoms with Crippen molar-refractivity contribution in [3.8, 4) is 0 Å². The van der Waals surface area contributed by atoms with Crippen molar-refractivity contribution >= 4 is 11.9 Å². The van der Waals surface area contributed by atoms with Crippen LogP contribution in [0.5, 0.6) is 0 Å². The number of carbonyl (C=O) groups excluding carboxylic acids is 2. The second-order valence-corrected chi connectivity index (χ2v) is 5.07. The number of esters is 1. The van der Waals surface area contributed by atoms with Gasteiger partial charge in [-0.1, -0.05) is 19.1 Å². The van der Waals surface area contributed by atoms with Crippen LogP contribution in [0.15, 0.2) is 24.3 Å². The van der Waals surface area contributed by atoms with Crippen LogP contribution < -0.4 is 5.32 Å². The second kappa shape index (κ2) is 7.78. The van der Waals surface area contributed by atoms with Crippen LogP contribution in [0.4, 0.5) is 0 Å².